The predicted octanol–water partition coefficient (Wildman–Crippen LogP) is 0.926. The standard InChI is InChI=1S/C13H15N3O/c14-7-10-2-1-3-11(6-10)8-15-12-4-5-13(17)16-9-12/h1-3,6,12,15H,4-5,8-9H2,(H,16,17). The van der Waals surface area contributed by atoms with Crippen molar-refractivity contribution in [2.45, 2.75) is 25.4 Å². The summed E-state index contributed by atoms with van der Waals surface area (Å²) in [6.45, 7) is 1.42. The average molecular weight is 229 g/mol. The van der Waals surface area contributed by atoms with Gasteiger partial charge in [0, 0.05) is 25.6 Å². The Bertz CT molecular complexity index is 440. The number of amides is 1. The van der Waals surface area contributed by atoms with Crippen LogP contribution in [-0.4, -0.2) is 18.5 Å². The highest BCUT2D eigenvalue weighted by Gasteiger charge is 2.16. The lowest BCUT2D eigenvalue weighted by atomic mass is 10.1. The van der Waals surface area contributed by atoms with E-state index in [0.29, 0.717) is 24.6 Å². The van der Waals surface area contributed by atoms with E-state index >= 15 is 0 Å². The Morgan fingerprint density at radius 2 is 2.41 bits per heavy atom. The fraction of sp³-hybridized carbons (Fsp3) is 0.385. The van der Waals surface area contributed by atoms with Gasteiger partial charge >= 0.3 is 0 Å². The lowest BCUT2D eigenvalue weighted by Crippen LogP contribution is -2.45. The Hall–Kier alpha value is -1.86. The van der Waals surface area contributed by atoms with Gasteiger partial charge in [0.25, 0.3) is 0 Å². The average Bonchev–Trinajstić information content (AvgIpc) is 2.38. The molecule has 0 saturated carbocycles. The first kappa shape index (κ1) is 11.6. The van der Waals surface area contributed by atoms with Crippen molar-refractivity contribution in [1.82, 2.24) is 10.6 Å². The number of nitriles is 1. The lowest BCUT2D eigenvalue weighted by Gasteiger charge is -2.23. The Kier molecular flexibility index (Phi) is 3.73. The number of hydrogen-bond donors (Lipinski definition) is 2. The van der Waals surface area contributed by atoms with Gasteiger partial charge in [-0.15, -0.1) is 0 Å². The number of benzene rings is 1. The minimum absolute atomic E-state index is 0.134. The van der Waals surface area contributed by atoms with Crippen molar-refractivity contribution < 1.29 is 4.79 Å². The van der Waals surface area contributed by atoms with Crippen molar-refractivity contribution in [2.75, 3.05) is 6.54 Å². The highest BCUT2D eigenvalue weighted by Crippen LogP contribution is 2.07. The Balaban J connectivity index is 1.85. The van der Waals surface area contributed by atoms with E-state index in [-0.39, 0.29) is 5.91 Å². The van der Waals surface area contributed by atoms with Gasteiger partial charge in [-0.05, 0) is 24.1 Å². The van der Waals surface area contributed by atoms with Crippen LogP contribution >= 0.6 is 0 Å². The van der Waals surface area contributed by atoms with Gasteiger partial charge in [-0.2, -0.15) is 5.26 Å². The van der Waals surface area contributed by atoms with Gasteiger partial charge in [-0.25, -0.2) is 0 Å². The molecule has 1 aromatic rings. The summed E-state index contributed by atoms with van der Waals surface area (Å²) < 4.78 is 0. The van der Waals surface area contributed by atoms with Crippen molar-refractivity contribution in [2.24, 2.45) is 0 Å². The van der Waals surface area contributed by atoms with Gasteiger partial charge in [0.2, 0.25) is 5.91 Å². The van der Waals surface area contributed by atoms with Gasteiger partial charge in [0.1, 0.15) is 0 Å². The van der Waals surface area contributed by atoms with Crippen LogP contribution in [0, 0.1) is 11.3 Å². The molecule has 1 aliphatic rings. The molecule has 1 atom stereocenters. The second-order valence-corrected chi connectivity index (χ2v) is 4.23. The number of rotatable bonds is 3. The van der Waals surface area contributed by atoms with E-state index in [4.69, 9.17) is 5.26 Å². The first-order valence-electron chi connectivity index (χ1n) is 5.77. The largest absolute Gasteiger partial charge is 0.355 e. The highest BCUT2D eigenvalue weighted by atomic mass is 16.1. The summed E-state index contributed by atoms with van der Waals surface area (Å²) in [5, 5.41) is 15.0. The maximum absolute atomic E-state index is 11.0. The minimum Gasteiger partial charge on any atom is -0.355 e. The number of piperidine rings is 1. The van der Waals surface area contributed by atoms with E-state index in [9.17, 15) is 4.79 Å². The Morgan fingerprint density at radius 1 is 1.53 bits per heavy atom. The zero-order valence-corrected chi connectivity index (χ0v) is 9.57. The molecule has 2 N–H and O–H groups in total. The van der Waals surface area contributed by atoms with E-state index < -0.39 is 0 Å². The summed E-state index contributed by atoms with van der Waals surface area (Å²) in [4.78, 5) is 11.0. The van der Waals surface area contributed by atoms with Crippen LogP contribution < -0.4 is 10.6 Å². The molecule has 0 aliphatic carbocycles. The van der Waals surface area contributed by atoms with Crippen LogP contribution in [0.1, 0.15) is 24.0 Å². The minimum atomic E-state index is 0.134. The quantitative estimate of drug-likeness (QED) is 0.810. The molecule has 0 spiro atoms. The molecule has 1 unspecified atom stereocenters. The molecule has 1 aromatic carbocycles. The molecule has 1 aliphatic heterocycles. The maximum atomic E-state index is 11.0. The molecule has 88 valence electrons. The van der Waals surface area contributed by atoms with Crippen molar-refractivity contribution in [3.8, 4) is 6.07 Å². The van der Waals surface area contributed by atoms with Crippen molar-refractivity contribution >= 4 is 5.91 Å². The van der Waals surface area contributed by atoms with Crippen LogP contribution in [-0.2, 0) is 11.3 Å². The number of nitrogens with one attached hydrogen (secondary N) is 2. The van der Waals surface area contributed by atoms with Gasteiger partial charge in [0.05, 0.1) is 11.6 Å². The molecule has 1 fully saturated rings. The van der Waals surface area contributed by atoms with Crippen LogP contribution in [0.4, 0.5) is 0 Å². The van der Waals surface area contributed by atoms with E-state index in [1.807, 2.05) is 18.2 Å². The molecule has 17 heavy (non-hydrogen) atoms. The Labute approximate surface area is 101 Å². The van der Waals surface area contributed by atoms with Crippen LogP contribution in [0.2, 0.25) is 0 Å². The SMILES string of the molecule is N#Cc1cccc(CNC2CCC(=O)NC2)c1. The van der Waals surface area contributed by atoms with Gasteiger partial charge in [-0.1, -0.05) is 12.1 Å². The third kappa shape index (κ3) is 3.30. The normalized spacial score (nSPS) is 19.5. The fourth-order valence-electron chi connectivity index (χ4n) is 1.92. The van der Waals surface area contributed by atoms with Gasteiger partial charge < -0.3 is 10.6 Å². The molecule has 4 nitrogen and oxygen atoms in total. The topological polar surface area (TPSA) is 64.9 Å². The van der Waals surface area contributed by atoms with Crippen LogP contribution in [0.3, 0.4) is 0 Å². The zero-order valence-electron chi connectivity index (χ0n) is 9.57. The van der Waals surface area contributed by atoms with Crippen LogP contribution in [0.25, 0.3) is 0 Å². The van der Waals surface area contributed by atoms with E-state index in [2.05, 4.69) is 16.7 Å². The number of carbonyl (C=O) groups excluding carboxylic acids is 1. The molecular formula is C13H15N3O. The Morgan fingerprint density at radius 3 is 3.12 bits per heavy atom. The first-order chi connectivity index (χ1) is 8.28. The van der Waals surface area contributed by atoms with E-state index in [1.165, 1.54) is 0 Å². The highest BCUT2D eigenvalue weighted by molar-refractivity contribution is 5.76. The predicted molar refractivity (Wildman–Crippen MR) is 64.0 cm³/mol. The summed E-state index contributed by atoms with van der Waals surface area (Å²) in [7, 11) is 0. The molecule has 4 heteroatoms. The van der Waals surface area contributed by atoms with Crippen molar-refractivity contribution in [3.63, 3.8) is 0 Å². The summed E-state index contributed by atoms with van der Waals surface area (Å²) in [6.07, 6.45) is 1.47. The molecule has 0 aromatic heterocycles. The maximum Gasteiger partial charge on any atom is 0.220 e. The van der Waals surface area contributed by atoms with Crippen molar-refractivity contribution in [3.05, 3.63) is 35.4 Å². The van der Waals surface area contributed by atoms with E-state index in [1.54, 1.807) is 6.07 Å². The summed E-state index contributed by atoms with van der Waals surface area (Å²) in [5.74, 6) is 0.134. The third-order valence-corrected chi connectivity index (χ3v) is 2.92. The molecular weight excluding hydrogens is 214 g/mol. The zero-order chi connectivity index (χ0) is 12.1. The van der Waals surface area contributed by atoms with Crippen LogP contribution in [0.5, 0.6) is 0 Å². The number of carbonyl (C=O) groups is 1. The molecule has 2 rings (SSSR count). The second kappa shape index (κ2) is 5.46. The molecule has 1 heterocycles. The first-order valence-corrected chi connectivity index (χ1v) is 5.77. The summed E-state index contributed by atoms with van der Waals surface area (Å²) >= 11 is 0. The molecule has 0 bridgehead atoms. The fourth-order valence-corrected chi connectivity index (χ4v) is 1.92. The summed E-state index contributed by atoms with van der Waals surface area (Å²) in [5.41, 5.74) is 1.78. The second-order valence-electron chi connectivity index (χ2n) is 4.23. The molecule has 1 amide bonds. The van der Waals surface area contributed by atoms with Gasteiger partial charge in [0.15, 0.2) is 0 Å². The molecule has 1 saturated heterocycles. The van der Waals surface area contributed by atoms with Crippen LogP contribution in [0.15, 0.2) is 24.3 Å². The summed E-state index contributed by atoms with van der Waals surface area (Å²) in [6, 6.07) is 10.0. The van der Waals surface area contributed by atoms with Crippen molar-refractivity contribution in [1.29, 1.82) is 5.26 Å². The van der Waals surface area contributed by atoms with E-state index in [0.717, 1.165) is 18.5 Å². The van der Waals surface area contributed by atoms with Gasteiger partial charge in [-0.3, -0.25) is 4.79 Å². The monoisotopic (exact) mass is 229 g/mol. The molecule has 0 radical (unpaired) electrons. The third-order valence-electron chi connectivity index (χ3n) is 2.92. The number of hydrogen-bond acceptors (Lipinski definition) is 3. The smallest absolute Gasteiger partial charge is 0.220 e. The number of nitrogens with zero attached hydrogens (tertiary/aromatic N) is 1. The lowest BCUT2D eigenvalue weighted by molar-refractivity contribution is -0.122.